The number of ether oxygens (including phenoxy) is 1. The molecule has 1 amide bonds. The number of carbonyl (C=O) groups excluding carboxylic acids is 1. The van der Waals surface area contributed by atoms with E-state index in [9.17, 15) is 18.0 Å². The van der Waals surface area contributed by atoms with E-state index in [1.807, 2.05) is 6.92 Å². The van der Waals surface area contributed by atoms with Crippen LogP contribution in [0.3, 0.4) is 0 Å². The van der Waals surface area contributed by atoms with Crippen molar-refractivity contribution >= 4 is 17.3 Å². The van der Waals surface area contributed by atoms with Crippen LogP contribution in [0.15, 0.2) is 41.2 Å². The molecule has 5 heterocycles. The van der Waals surface area contributed by atoms with Gasteiger partial charge in [0, 0.05) is 36.3 Å². The SMILES string of the molecule is COc1cc([C@@H](C)C(=O)N2CC[C@@]3(CCC4CC(c5cccc(C(F)F)n5)=C(C)N=C4N3)C2)c(F)cn1. The fourth-order valence-corrected chi connectivity index (χ4v) is 5.67. The number of hydrogen-bond acceptors (Lipinski definition) is 6. The fraction of sp³-hybridized carbons (Fsp3) is 0.481. The average Bonchev–Trinajstić information content (AvgIpc) is 3.30. The number of nitrogens with one attached hydrogen (secondary N) is 1. The zero-order valence-electron chi connectivity index (χ0n) is 21.1. The summed E-state index contributed by atoms with van der Waals surface area (Å²) in [4.78, 5) is 27.9. The monoisotopic (exact) mass is 513 g/mol. The number of rotatable bonds is 5. The summed E-state index contributed by atoms with van der Waals surface area (Å²) in [6, 6.07) is 6.17. The summed E-state index contributed by atoms with van der Waals surface area (Å²) in [5.41, 5.74) is 1.94. The van der Waals surface area contributed by atoms with Gasteiger partial charge in [-0.15, -0.1) is 0 Å². The molecule has 1 spiro atoms. The van der Waals surface area contributed by atoms with Gasteiger partial charge in [-0.1, -0.05) is 6.07 Å². The van der Waals surface area contributed by atoms with Gasteiger partial charge >= 0.3 is 0 Å². The number of allylic oxidation sites excluding steroid dienone is 2. The number of piperidine rings is 1. The highest BCUT2D eigenvalue weighted by molar-refractivity contribution is 5.92. The molecule has 2 fully saturated rings. The molecule has 7 nitrogen and oxygen atoms in total. The lowest BCUT2D eigenvalue weighted by Gasteiger charge is -2.42. The van der Waals surface area contributed by atoms with Crippen molar-refractivity contribution in [1.82, 2.24) is 20.2 Å². The van der Waals surface area contributed by atoms with Crippen LogP contribution in [-0.4, -0.2) is 52.3 Å². The molecule has 0 aromatic carbocycles. The summed E-state index contributed by atoms with van der Waals surface area (Å²) in [6.45, 7) is 4.66. The van der Waals surface area contributed by atoms with E-state index in [2.05, 4.69) is 15.3 Å². The molecule has 37 heavy (non-hydrogen) atoms. The average molecular weight is 514 g/mol. The lowest BCUT2D eigenvalue weighted by Crippen LogP contribution is -2.57. The van der Waals surface area contributed by atoms with Crippen molar-refractivity contribution in [3.63, 3.8) is 0 Å². The van der Waals surface area contributed by atoms with E-state index in [1.54, 1.807) is 24.0 Å². The van der Waals surface area contributed by atoms with Crippen LogP contribution in [0.2, 0.25) is 0 Å². The Bertz CT molecular complexity index is 1280. The first kappa shape index (κ1) is 25.2. The molecule has 0 radical (unpaired) electrons. The molecule has 2 aromatic heterocycles. The molecule has 3 aliphatic rings. The van der Waals surface area contributed by atoms with E-state index >= 15 is 0 Å². The van der Waals surface area contributed by atoms with Crippen molar-refractivity contribution in [2.45, 2.75) is 57.4 Å². The Morgan fingerprint density at radius 2 is 2.11 bits per heavy atom. The van der Waals surface area contributed by atoms with Crippen molar-refractivity contribution < 1.29 is 22.7 Å². The van der Waals surface area contributed by atoms with Gasteiger partial charge in [0.05, 0.1) is 30.5 Å². The van der Waals surface area contributed by atoms with Gasteiger partial charge in [-0.2, -0.15) is 0 Å². The predicted molar refractivity (Wildman–Crippen MR) is 133 cm³/mol. The maximum Gasteiger partial charge on any atom is 0.280 e. The highest BCUT2D eigenvalue weighted by Crippen LogP contribution is 2.40. The minimum Gasteiger partial charge on any atom is -0.481 e. The zero-order valence-corrected chi connectivity index (χ0v) is 21.1. The molecule has 3 atom stereocenters. The fourth-order valence-electron chi connectivity index (χ4n) is 5.67. The van der Waals surface area contributed by atoms with Crippen LogP contribution in [0, 0.1) is 11.7 Å². The largest absolute Gasteiger partial charge is 0.481 e. The Hall–Kier alpha value is -3.43. The molecule has 2 aromatic rings. The first-order valence-corrected chi connectivity index (χ1v) is 12.5. The van der Waals surface area contributed by atoms with Crippen molar-refractivity contribution in [2.24, 2.45) is 10.9 Å². The molecule has 3 aliphatic heterocycles. The number of halogens is 3. The van der Waals surface area contributed by atoms with E-state index in [0.29, 0.717) is 25.2 Å². The number of amides is 1. The molecule has 0 saturated carbocycles. The number of carbonyl (C=O) groups is 1. The maximum atomic E-state index is 14.4. The number of amidine groups is 1. The lowest BCUT2D eigenvalue weighted by molar-refractivity contribution is -0.131. The van der Waals surface area contributed by atoms with Crippen LogP contribution in [0.4, 0.5) is 13.2 Å². The van der Waals surface area contributed by atoms with Gasteiger partial charge in [0.25, 0.3) is 6.43 Å². The van der Waals surface area contributed by atoms with E-state index in [-0.39, 0.29) is 34.5 Å². The highest BCUT2D eigenvalue weighted by atomic mass is 19.3. The van der Waals surface area contributed by atoms with Crippen LogP contribution in [0.1, 0.15) is 68.8 Å². The summed E-state index contributed by atoms with van der Waals surface area (Å²) < 4.78 is 45.9. The molecule has 10 heteroatoms. The van der Waals surface area contributed by atoms with Crippen molar-refractivity contribution in [2.75, 3.05) is 20.2 Å². The molecule has 1 unspecified atom stereocenters. The van der Waals surface area contributed by atoms with Crippen LogP contribution in [-0.2, 0) is 4.79 Å². The molecule has 5 rings (SSSR count). The molecular weight excluding hydrogens is 483 g/mol. The van der Waals surface area contributed by atoms with Crippen molar-refractivity contribution in [1.29, 1.82) is 0 Å². The third kappa shape index (κ3) is 4.81. The molecule has 0 aliphatic carbocycles. The van der Waals surface area contributed by atoms with Crippen molar-refractivity contribution in [3.05, 3.63) is 58.9 Å². The summed E-state index contributed by atoms with van der Waals surface area (Å²) >= 11 is 0. The lowest BCUT2D eigenvalue weighted by atomic mass is 9.78. The third-order valence-electron chi connectivity index (χ3n) is 7.80. The van der Waals surface area contributed by atoms with E-state index in [1.165, 1.54) is 19.2 Å². The van der Waals surface area contributed by atoms with Crippen LogP contribution >= 0.6 is 0 Å². The molecule has 0 bridgehead atoms. The molecule has 196 valence electrons. The van der Waals surface area contributed by atoms with Gasteiger partial charge in [0.1, 0.15) is 17.3 Å². The molecule has 2 saturated heterocycles. The number of likely N-dealkylation sites (tertiary alicyclic amines) is 1. The Morgan fingerprint density at radius 3 is 2.86 bits per heavy atom. The zero-order chi connectivity index (χ0) is 26.3. The first-order valence-electron chi connectivity index (χ1n) is 12.5. The Labute approximate surface area is 213 Å². The predicted octanol–water partition coefficient (Wildman–Crippen LogP) is 4.87. The third-order valence-corrected chi connectivity index (χ3v) is 7.80. The van der Waals surface area contributed by atoms with Crippen LogP contribution in [0.25, 0.3) is 5.57 Å². The second-order valence-corrected chi connectivity index (χ2v) is 10.1. The number of nitrogens with zero attached hydrogens (tertiary/aromatic N) is 4. The number of fused-ring (bicyclic) bond motifs is 1. The quantitative estimate of drug-likeness (QED) is 0.617. The van der Waals surface area contributed by atoms with Crippen molar-refractivity contribution in [3.8, 4) is 5.88 Å². The van der Waals surface area contributed by atoms with E-state index in [4.69, 9.17) is 9.73 Å². The highest BCUT2D eigenvalue weighted by Gasteiger charge is 2.46. The minimum absolute atomic E-state index is 0.137. The van der Waals surface area contributed by atoms with Crippen LogP contribution in [0.5, 0.6) is 5.88 Å². The minimum atomic E-state index is -2.62. The standard InChI is InChI=1S/C27H30F3N5O2/c1-15(18-12-23(37-3)31-13-20(18)28)26(36)35-10-9-27(14-35)8-7-17-11-19(16(2)32-25(17)34-27)21-5-4-6-22(33-21)24(29)30/h4-6,12-13,15,17,24H,7-11,14H2,1-3H3,(H,32,34)/t15-,17?,27+/m1/s1. The Morgan fingerprint density at radius 1 is 1.30 bits per heavy atom. The second-order valence-electron chi connectivity index (χ2n) is 10.1. The first-order chi connectivity index (χ1) is 17.7. The second kappa shape index (κ2) is 9.79. The van der Waals surface area contributed by atoms with Gasteiger partial charge in [-0.25, -0.2) is 28.1 Å². The summed E-state index contributed by atoms with van der Waals surface area (Å²) in [5.74, 6) is -0.0461. The topological polar surface area (TPSA) is 79.7 Å². The number of alkyl halides is 2. The molecular formula is C27H30F3N5O2. The van der Waals surface area contributed by atoms with Gasteiger partial charge in [-0.3, -0.25) is 4.79 Å². The number of methoxy groups -OCH3 is 1. The number of aliphatic imine (C=N–C) groups is 1. The van der Waals surface area contributed by atoms with E-state index < -0.39 is 18.2 Å². The summed E-state index contributed by atoms with van der Waals surface area (Å²) in [7, 11) is 1.45. The number of hydrogen-bond donors (Lipinski definition) is 1. The van der Waals surface area contributed by atoms with Gasteiger partial charge in [0.2, 0.25) is 11.8 Å². The van der Waals surface area contributed by atoms with Crippen LogP contribution < -0.4 is 10.1 Å². The Balaban J connectivity index is 1.31. The van der Waals surface area contributed by atoms with Gasteiger partial charge in [0.15, 0.2) is 0 Å². The smallest absolute Gasteiger partial charge is 0.280 e. The van der Waals surface area contributed by atoms with Gasteiger partial charge < -0.3 is 15.0 Å². The normalized spacial score (nSPS) is 24.1. The number of aromatic nitrogens is 2. The maximum absolute atomic E-state index is 14.4. The van der Waals surface area contributed by atoms with E-state index in [0.717, 1.165) is 42.6 Å². The summed E-state index contributed by atoms with van der Waals surface area (Å²) in [5, 5.41) is 3.63. The van der Waals surface area contributed by atoms with Gasteiger partial charge in [-0.05, 0) is 57.2 Å². The summed E-state index contributed by atoms with van der Waals surface area (Å²) in [6.07, 6.45) is 1.63. The number of pyridine rings is 2. The molecule has 1 N–H and O–H groups in total. The Kier molecular flexibility index (Phi) is 6.68.